The Morgan fingerprint density at radius 1 is 1.53 bits per heavy atom. The molecule has 0 fully saturated rings. The molecule has 1 aromatic rings. The molecule has 0 aromatic heterocycles. The van der Waals surface area contributed by atoms with E-state index < -0.39 is 4.92 Å². The van der Waals surface area contributed by atoms with Crippen molar-refractivity contribution in [2.45, 2.75) is 13.3 Å². The van der Waals surface area contributed by atoms with Crippen molar-refractivity contribution in [1.82, 2.24) is 0 Å². The molecular formula is C10H9NO4. The first kappa shape index (κ1) is 11.0. The summed E-state index contributed by atoms with van der Waals surface area (Å²) in [5.41, 5.74) is 0.597. The number of nitro groups is 1. The average molecular weight is 207 g/mol. The van der Waals surface area contributed by atoms with Crippen LogP contribution in [-0.2, 0) is 11.2 Å². The van der Waals surface area contributed by atoms with E-state index in [0.29, 0.717) is 17.4 Å². The zero-order chi connectivity index (χ0) is 11.4. The largest absolute Gasteiger partial charge is 0.300 e. The van der Waals surface area contributed by atoms with Crippen LogP contribution in [0.1, 0.15) is 22.8 Å². The van der Waals surface area contributed by atoms with E-state index in [1.165, 1.54) is 25.1 Å². The number of carbonyl (C=O) groups is 2. The van der Waals surface area contributed by atoms with Gasteiger partial charge in [-0.25, -0.2) is 0 Å². The fourth-order valence-corrected chi connectivity index (χ4v) is 1.24. The summed E-state index contributed by atoms with van der Waals surface area (Å²) in [4.78, 5) is 31.4. The zero-order valence-corrected chi connectivity index (χ0v) is 8.10. The van der Waals surface area contributed by atoms with Gasteiger partial charge in [-0.15, -0.1) is 0 Å². The number of nitro benzene ring substituents is 1. The van der Waals surface area contributed by atoms with Crippen LogP contribution in [0.3, 0.4) is 0 Å². The molecule has 0 spiro atoms. The molecule has 0 amide bonds. The summed E-state index contributed by atoms with van der Waals surface area (Å²) in [6.45, 7) is 1.37. The Balaban J connectivity index is 3.18. The second-order valence-electron chi connectivity index (χ2n) is 3.14. The molecule has 15 heavy (non-hydrogen) atoms. The number of rotatable bonds is 4. The van der Waals surface area contributed by atoms with Crippen molar-refractivity contribution in [2.75, 3.05) is 0 Å². The Morgan fingerprint density at radius 2 is 2.20 bits per heavy atom. The first-order chi connectivity index (χ1) is 7.04. The molecule has 0 radical (unpaired) electrons. The monoisotopic (exact) mass is 207 g/mol. The Bertz CT molecular complexity index is 425. The van der Waals surface area contributed by atoms with Crippen LogP contribution in [0.5, 0.6) is 0 Å². The molecule has 5 heteroatoms. The Kier molecular flexibility index (Phi) is 3.28. The highest BCUT2D eigenvalue weighted by Gasteiger charge is 2.11. The number of carbonyl (C=O) groups excluding carboxylic acids is 2. The first-order valence-corrected chi connectivity index (χ1v) is 4.26. The van der Waals surface area contributed by atoms with Gasteiger partial charge in [0.1, 0.15) is 12.1 Å². The molecule has 0 saturated heterocycles. The fraction of sp³-hybridized carbons (Fsp3) is 0.200. The smallest absolute Gasteiger partial charge is 0.269 e. The van der Waals surface area contributed by atoms with Gasteiger partial charge in [-0.05, 0) is 18.6 Å². The lowest BCUT2D eigenvalue weighted by molar-refractivity contribution is -0.384. The number of ketones is 1. The van der Waals surface area contributed by atoms with Gasteiger partial charge in [0.2, 0.25) is 0 Å². The lowest BCUT2D eigenvalue weighted by Gasteiger charge is -2.01. The molecule has 0 heterocycles. The van der Waals surface area contributed by atoms with E-state index in [1.54, 1.807) is 0 Å². The van der Waals surface area contributed by atoms with Crippen molar-refractivity contribution in [2.24, 2.45) is 0 Å². The summed E-state index contributed by atoms with van der Waals surface area (Å²) in [5.74, 6) is -0.140. The molecule has 78 valence electrons. The van der Waals surface area contributed by atoms with Crippen molar-refractivity contribution in [3.05, 3.63) is 39.4 Å². The second kappa shape index (κ2) is 4.45. The van der Waals surface area contributed by atoms with Crippen molar-refractivity contribution in [1.29, 1.82) is 0 Å². The number of Topliss-reactive ketones (excluding diaryl/α,β-unsaturated/α-hetero) is 1. The van der Waals surface area contributed by atoms with Gasteiger partial charge < -0.3 is 0 Å². The van der Waals surface area contributed by atoms with E-state index in [0.717, 1.165) is 0 Å². The third-order valence-corrected chi connectivity index (χ3v) is 1.90. The van der Waals surface area contributed by atoms with E-state index in [4.69, 9.17) is 0 Å². The van der Waals surface area contributed by atoms with Crippen molar-refractivity contribution >= 4 is 17.8 Å². The van der Waals surface area contributed by atoms with Crippen molar-refractivity contribution < 1.29 is 14.5 Å². The zero-order valence-electron chi connectivity index (χ0n) is 8.10. The molecule has 0 atom stereocenters. The minimum absolute atomic E-state index is 0.0375. The van der Waals surface area contributed by atoms with Crippen LogP contribution in [0.4, 0.5) is 5.69 Å². The Labute approximate surface area is 85.9 Å². The molecule has 0 aliphatic rings. The van der Waals surface area contributed by atoms with Crippen molar-refractivity contribution in [3.63, 3.8) is 0 Å². The molecule has 0 saturated carbocycles. The Morgan fingerprint density at radius 3 is 2.67 bits per heavy atom. The van der Waals surface area contributed by atoms with Crippen LogP contribution in [-0.4, -0.2) is 17.0 Å². The number of benzene rings is 1. The van der Waals surface area contributed by atoms with Gasteiger partial charge >= 0.3 is 0 Å². The van der Waals surface area contributed by atoms with E-state index in [-0.39, 0.29) is 17.9 Å². The van der Waals surface area contributed by atoms with E-state index >= 15 is 0 Å². The summed E-state index contributed by atoms with van der Waals surface area (Å²) in [6, 6.07) is 3.85. The minimum atomic E-state index is -0.557. The summed E-state index contributed by atoms with van der Waals surface area (Å²) in [7, 11) is 0. The number of non-ortho nitro benzene ring substituents is 1. The number of hydrogen-bond donors (Lipinski definition) is 0. The van der Waals surface area contributed by atoms with Crippen LogP contribution < -0.4 is 0 Å². The quantitative estimate of drug-likeness (QED) is 0.426. The molecule has 0 bridgehead atoms. The van der Waals surface area contributed by atoms with Gasteiger partial charge in [0.15, 0.2) is 0 Å². The van der Waals surface area contributed by atoms with Crippen LogP contribution in [0.2, 0.25) is 0 Å². The third kappa shape index (κ3) is 2.70. The lowest BCUT2D eigenvalue weighted by Crippen LogP contribution is -2.01. The van der Waals surface area contributed by atoms with Crippen LogP contribution in [0, 0.1) is 10.1 Å². The predicted octanol–water partition coefficient (Wildman–Crippen LogP) is 1.54. The van der Waals surface area contributed by atoms with Crippen LogP contribution in [0.25, 0.3) is 0 Å². The van der Waals surface area contributed by atoms with Crippen LogP contribution >= 0.6 is 0 Å². The van der Waals surface area contributed by atoms with E-state index in [9.17, 15) is 19.7 Å². The molecule has 0 aliphatic carbocycles. The highest BCUT2D eigenvalue weighted by molar-refractivity contribution is 5.84. The predicted molar refractivity (Wildman–Crippen MR) is 52.9 cm³/mol. The maximum absolute atomic E-state index is 10.9. The van der Waals surface area contributed by atoms with Gasteiger partial charge in [-0.1, -0.05) is 0 Å². The van der Waals surface area contributed by atoms with E-state index in [2.05, 4.69) is 0 Å². The number of nitrogens with zero attached hydrogens (tertiary/aromatic N) is 1. The van der Waals surface area contributed by atoms with E-state index in [1.807, 2.05) is 0 Å². The SMILES string of the molecule is CC(=O)Cc1cc([N+](=O)[O-])ccc1C=O. The first-order valence-electron chi connectivity index (χ1n) is 4.26. The van der Waals surface area contributed by atoms with Gasteiger partial charge in [0.25, 0.3) is 5.69 Å². The maximum Gasteiger partial charge on any atom is 0.269 e. The number of aldehydes is 1. The topological polar surface area (TPSA) is 77.3 Å². The minimum Gasteiger partial charge on any atom is -0.300 e. The molecule has 0 aliphatic heterocycles. The van der Waals surface area contributed by atoms with Gasteiger partial charge in [-0.3, -0.25) is 19.7 Å². The summed E-state index contributed by atoms with van der Waals surface area (Å²) < 4.78 is 0. The highest BCUT2D eigenvalue weighted by atomic mass is 16.6. The maximum atomic E-state index is 10.9. The normalized spacial score (nSPS) is 9.67. The molecule has 0 unspecified atom stereocenters. The summed E-state index contributed by atoms with van der Waals surface area (Å²) in [5, 5.41) is 10.5. The molecule has 1 aromatic carbocycles. The molecule has 0 N–H and O–H groups in total. The average Bonchev–Trinajstić information content (AvgIpc) is 2.16. The summed E-state index contributed by atoms with van der Waals surface area (Å²) in [6.07, 6.45) is 0.623. The summed E-state index contributed by atoms with van der Waals surface area (Å²) >= 11 is 0. The molecule has 1 rings (SSSR count). The lowest BCUT2D eigenvalue weighted by atomic mass is 10.0. The highest BCUT2D eigenvalue weighted by Crippen LogP contribution is 2.17. The van der Waals surface area contributed by atoms with Gasteiger partial charge in [-0.2, -0.15) is 0 Å². The number of hydrogen-bond acceptors (Lipinski definition) is 4. The van der Waals surface area contributed by atoms with Crippen molar-refractivity contribution in [3.8, 4) is 0 Å². The Hall–Kier alpha value is -2.04. The fourth-order valence-electron chi connectivity index (χ4n) is 1.24. The molecule has 5 nitrogen and oxygen atoms in total. The standard InChI is InChI=1S/C10H9NO4/c1-7(13)4-9-5-10(11(14)15)3-2-8(9)6-12/h2-3,5-6H,4H2,1H3. The third-order valence-electron chi connectivity index (χ3n) is 1.90. The molecular weight excluding hydrogens is 198 g/mol. The van der Waals surface area contributed by atoms with Gasteiger partial charge in [0, 0.05) is 24.1 Å². The van der Waals surface area contributed by atoms with Crippen LogP contribution in [0.15, 0.2) is 18.2 Å². The second-order valence-corrected chi connectivity index (χ2v) is 3.14. The van der Waals surface area contributed by atoms with Gasteiger partial charge in [0.05, 0.1) is 4.92 Å².